The first kappa shape index (κ1) is 13.7. The molecule has 3 unspecified atom stereocenters. The van der Waals surface area contributed by atoms with Crippen LogP contribution in [0, 0.1) is 11.8 Å². The van der Waals surface area contributed by atoms with Gasteiger partial charge in [0, 0.05) is 12.6 Å². The molecule has 2 aliphatic carbocycles. The minimum atomic E-state index is -0.859. The van der Waals surface area contributed by atoms with Crippen LogP contribution in [0.3, 0.4) is 0 Å². The van der Waals surface area contributed by atoms with Gasteiger partial charge >= 0.3 is 12.0 Å². The van der Waals surface area contributed by atoms with E-state index in [-0.39, 0.29) is 30.6 Å². The number of aliphatic carboxylic acids is 1. The molecule has 0 aromatic rings. The molecule has 0 radical (unpaired) electrons. The molecule has 1 aliphatic heterocycles. The van der Waals surface area contributed by atoms with E-state index >= 15 is 0 Å². The Balaban J connectivity index is 1.49. The van der Waals surface area contributed by atoms with Gasteiger partial charge in [-0.05, 0) is 43.9 Å². The van der Waals surface area contributed by atoms with E-state index in [0.717, 1.165) is 19.3 Å². The van der Waals surface area contributed by atoms with Crippen LogP contribution >= 0.6 is 0 Å². The van der Waals surface area contributed by atoms with Gasteiger partial charge in [-0.15, -0.1) is 0 Å². The average Bonchev–Trinajstić information content (AvgIpc) is 3.28. The molecule has 3 N–H and O–H groups in total. The van der Waals surface area contributed by atoms with Crippen molar-refractivity contribution in [1.82, 2.24) is 10.6 Å². The van der Waals surface area contributed by atoms with Crippen LogP contribution in [0.4, 0.5) is 4.79 Å². The zero-order chi connectivity index (χ0) is 14.1. The molecule has 112 valence electrons. The third kappa shape index (κ3) is 3.42. The van der Waals surface area contributed by atoms with E-state index in [4.69, 9.17) is 9.84 Å². The van der Waals surface area contributed by atoms with Gasteiger partial charge in [0.2, 0.25) is 0 Å². The van der Waals surface area contributed by atoms with E-state index < -0.39 is 5.97 Å². The van der Waals surface area contributed by atoms with Gasteiger partial charge in [-0.3, -0.25) is 4.79 Å². The zero-order valence-electron chi connectivity index (χ0n) is 11.5. The Bertz CT molecular complexity index is 393. The second kappa shape index (κ2) is 5.60. The molecule has 3 atom stereocenters. The lowest BCUT2D eigenvalue weighted by Crippen LogP contribution is -2.50. The molecule has 1 saturated heterocycles. The van der Waals surface area contributed by atoms with E-state index in [1.54, 1.807) is 0 Å². The molecule has 3 rings (SSSR count). The van der Waals surface area contributed by atoms with Crippen molar-refractivity contribution < 1.29 is 19.4 Å². The first-order chi connectivity index (χ1) is 9.63. The monoisotopic (exact) mass is 282 g/mol. The lowest BCUT2D eigenvalue weighted by atomic mass is 10.1. The van der Waals surface area contributed by atoms with Crippen LogP contribution in [0.5, 0.6) is 0 Å². The summed E-state index contributed by atoms with van der Waals surface area (Å²) in [6, 6.07) is -0.411. The number of ether oxygens (including phenoxy) is 1. The highest BCUT2D eigenvalue weighted by molar-refractivity contribution is 5.76. The summed E-state index contributed by atoms with van der Waals surface area (Å²) in [6.07, 6.45) is 5.40. The number of hydrogen-bond acceptors (Lipinski definition) is 3. The Kier molecular flexibility index (Phi) is 3.83. The highest BCUT2D eigenvalue weighted by Gasteiger charge is 2.41. The maximum Gasteiger partial charge on any atom is 0.315 e. The van der Waals surface area contributed by atoms with Gasteiger partial charge in [0.1, 0.15) is 0 Å². The molecule has 6 nitrogen and oxygen atoms in total. The van der Waals surface area contributed by atoms with E-state index in [9.17, 15) is 9.59 Å². The lowest BCUT2D eigenvalue weighted by molar-refractivity contribution is -0.137. The minimum absolute atomic E-state index is 0.00526. The molecule has 3 fully saturated rings. The van der Waals surface area contributed by atoms with Crippen molar-refractivity contribution in [3.63, 3.8) is 0 Å². The molecule has 2 saturated carbocycles. The molecule has 3 aliphatic rings. The van der Waals surface area contributed by atoms with Crippen molar-refractivity contribution in [3.8, 4) is 0 Å². The van der Waals surface area contributed by atoms with Crippen molar-refractivity contribution in [2.24, 2.45) is 11.8 Å². The van der Waals surface area contributed by atoms with Crippen molar-refractivity contribution in [1.29, 1.82) is 0 Å². The van der Waals surface area contributed by atoms with Crippen LogP contribution in [-0.2, 0) is 9.53 Å². The first-order valence-corrected chi connectivity index (χ1v) is 7.54. The van der Waals surface area contributed by atoms with Gasteiger partial charge in [0.15, 0.2) is 0 Å². The number of nitrogens with one attached hydrogen (secondary N) is 2. The minimum Gasteiger partial charge on any atom is -0.481 e. The standard InChI is InChI=1S/C14H22N2O4/c17-12(18)7-11(8-1-2-8)16-14(19)15-10-5-6-20-13(10)9-3-4-9/h8-11,13H,1-7H2,(H,17,18)(H2,15,16,19). The van der Waals surface area contributed by atoms with E-state index in [1.807, 2.05) is 0 Å². The molecule has 0 aromatic heterocycles. The normalized spacial score (nSPS) is 30.8. The summed E-state index contributed by atoms with van der Waals surface area (Å²) in [6.45, 7) is 0.702. The molecule has 2 amide bonds. The number of rotatable bonds is 6. The zero-order valence-corrected chi connectivity index (χ0v) is 11.5. The second-order valence-electron chi connectivity index (χ2n) is 6.23. The van der Waals surface area contributed by atoms with Gasteiger partial charge < -0.3 is 20.5 Å². The fraction of sp³-hybridized carbons (Fsp3) is 0.857. The van der Waals surface area contributed by atoms with Gasteiger partial charge in [-0.1, -0.05) is 0 Å². The van der Waals surface area contributed by atoms with Crippen LogP contribution in [0.25, 0.3) is 0 Å². The second-order valence-corrected chi connectivity index (χ2v) is 6.23. The molecule has 0 spiro atoms. The number of carbonyl (C=O) groups is 2. The van der Waals surface area contributed by atoms with Crippen molar-refractivity contribution in [3.05, 3.63) is 0 Å². The quantitative estimate of drug-likeness (QED) is 0.681. The largest absolute Gasteiger partial charge is 0.481 e. The smallest absolute Gasteiger partial charge is 0.315 e. The molecule has 20 heavy (non-hydrogen) atoms. The molecular formula is C14H22N2O4. The molecule has 0 bridgehead atoms. The Morgan fingerprint density at radius 1 is 1.20 bits per heavy atom. The first-order valence-electron chi connectivity index (χ1n) is 7.54. The summed E-state index contributed by atoms with van der Waals surface area (Å²) in [4.78, 5) is 22.9. The lowest BCUT2D eigenvalue weighted by Gasteiger charge is -2.22. The fourth-order valence-corrected chi connectivity index (χ4v) is 3.06. The van der Waals surface area contributed by atoms with Crippen LogP contribution in [0.1, 0.15) is 38.5 Å². The Hall–Kier alpha value is -1.30. The number of amides is 2. The number of carboxylic acids is 1. The predicted molar refractivity (Wildman–Crippen MR) is 71.3 cm³/mol. The van der Waals surface area contributed by atoms with Crippen molar-refractivity contribution in [2.45, 2.75) is 56.7 Å². The van der Waals surface area contributed by atoms with Gasteiger partial charge in [0.25, 0.3) is 0 Å². The van der Waals surface area contributed by atoms with Gasteiger partial charge in [-0.2, -0.15) is 0 Å². The van der Waals surface area contributed by atoms with E-state index in [1.165, 1.54) is 12.8 Å². The maximum atomic E-state index is 12.0. The highest BCUT2D eigenvalue weighted by atomic mass is 16.5. The van der Waals surface area contributed by atoms with Gasteiger partial charge in [0.05, 0.1) is 18.6 Å². The Morgan fingerprint density at radius 3 is 2.55 bits per heavy atom. The summed E-state index contributed by atoms with van der Waals surface area (Å²) >= 11 is 0. The Morgan fingerprint density at radius 2 is 1.95 bits per heavy atom. The Labute approximate surface area is 118 Å². The fourth-order valence-electron chi connectivity index (χ4n) is 3.06. The summed E-state index contributed by atoms with van der Waals surface area (Å²) in [7, 11) is 0. The average molecular weight is 282 g/mol. The van der Waals surface area contributed by atoms with Crippen LogP contribution in [0.15, 0.2) is 0 Å². The van der Waals surface area contributed by atoms with Gasteiger partial charge in [-0.25, -0.2) is 4.79 Å². The molecule has 0 aromatic carbocycles. The van der Waals surface area contributed by atoms with Crippen LogP contribution in [-0.4, -0.2) is 41.9 Å². The number of urea groups is 1. The topological polar surface area (TPSA) is 87.7 Å². The predicted octanol–water partition coefficient (Wildman–Crippen LogP) is 1.11. The third-order valence-corrected chi connectivity index (χ3v) is 4.44. The van der Waals surface area contributed by atoms with E-state index in [2.05, 4.69) is 10.6 Å². The van der Waals surface area contributed by atoms with Crippen molar-refractivity contribution in [2.75, 3.05) is 6.61 Å². The summed E-state index contributed by atoms with van der Waals surface area (Å²) in [5.74, 6) is 0.0687. The van der Waals surface area contributed by atoms with Crippen LogP contribution < -0.4 is 10.6 Å². The third-order valence-electron chi connectivity index (χ3n) is 4.44. The number of carboxylic acid groups (broad SMARTS) is 1. The summed E-state index contributed by atoms with van der Waals surface area (Å²) < 4.78 is 5.68. The highest BCUT2D eigenvalue weighted by Crippen LogP contribution is 2.38. The van der Waals surface area contributed by atoms with E-state index in [0.29, 0.717) is 18.4 Å². The maximum absolute atomic E-state index is 12.0. The molecule has 1 heterocycles. The van der Waals surface area contributed by atoms with Crippen LogP contribution in [0.2, 0.25) is 0 Å². The molecule has 6 heteroatoms. The number of carbonyl (C=O) groups excluding carboxylic acids is 1. The number of hydrogen-bond donors (Lipinski definition) is 3. The SMILES string of the molecule is O=C(O)CC(NC(=O)NC1CCOC1C1CC1)C1CC1. The van der Waals surface area contributed by atoms with Crippen molar-refractivity contribution >= 4 is 12.0 Å². The summed E-state index contributed by atoms with van der Waals surface area (Å²) in [5.41, 5.74) is 0. The molecular weight excluding hydrogens is 260 g/mol. The summed E-state index contributed by atoms with van der Waals surface area (Å²) in [5, 5.41) is 14.7.